The summed E-state index contributed by atoms with van der Waals surface area (Å²) < 4.78 is 5.20. The van der Waals surface area contributed by atoms with Crippen molar-refractivity contribution in [3.8, 4) is 0 Å². The van der Waals surface area contributed by atoms with E-state index in [1.807, 2.05) is 25.8 Å². The minimum absolute atomic E-state index is 0.0799. The van der Waals surface area contributed by atoms with Crippen LogP contribution >= 0.6 is 0 Å². The number of aromatic nitrogens is 1. The van der Waals surface area contributed by atoms with Crippen molar-refractivity contribution in [2.45, 2.75) is 32.7 Å². The van der Waals surface area contributed by atoms with Gasteiger partial charge in [-0.1, -0.05) is 47.6 Å². The van der Waals surface area contributed by atoms with Crippen LogP contribution in [0.5, 0.6) is 0 Å². The van der Waals surface area contributed by atoms with Crippen LogP contribution in [0.1, 0.15) is 34.9 Å². The Hall–Kier alpha value is -2.62. The first kappa shape index (κ1) is 15.9. The Labute approximate surface area is 147 Å². The smallest absolute Gasteiger partial charge is 0.226 e. The fraction of sp³-hybridized carbons (Fsp3) is 0.333. The van der Waals surface area contributed by atoms with Crippen LogP contribution in [0.15, 0.2) is 47.0 Å². The number of amides is 1. The standard InChI is InChI=1S/C21H22N2O2/c1-13-20(14(2)25-22-13)12-23(3)21(24)19-11-18(19)17-10-6-8-15-7-4-5-9-16(15)17/h4-10,18-19H,11-12H2,1-3H3/t18-,19+/m1/s1. The van der Waals surface area contributed by atoms with Gasteiger partial charge in [0.25, 0.3) is 0 Å². The highest BCUT2D eigenvalue weighted by Gasteiger charge is 2.45. The van der Waals surface area contributed by atoms with Gasteiger partial charge < -0.3 is 9.42 Å². The molecule has 0 unspecified atom stereocenters. The third kappa shape index (κ3) is 2.82. The van der Waals surface area contributed by atoms with Crippen LogP contribution in [0.3, 0.4) is 0 Å². The highest BCUT2D eigenvalue weighted by molar-refractivity contribution is 5.89. The zero-order chi connectivity index (χ0) is 17.6. The van der Waals surface area contributed by atoms with Gasteiger partial charge in [0.05, 0.1) is 12.2 Å². The van der Waals surface area contributed by atoms with E-state index < -0.39 is 0 Å². The number of rotatable bonds is 4. The Kier molecular flexibility index (Phi) is 3.83. The average Bonchev–Trinajstić information content (AvgIpc) is 3.36. The molecular formula is C21H22N2O2. The molecule has 1 aliphatic rings. The third-order valence-electron chi connectivity index (χ3n) is 5.28. The lowest BCUT2D eigenvalue weighted by atomic mass is 10.00. The van der Waals surface area contributed by atoms with Crippen LogP contribution < -0.4 is 0 Å². The van der Waals surface area contributed by atoms with Gasteiger partial charge in [-0.3, -0.25) is 4.79 Å². The minimum Gasteiger partial charge on any atom is -0.361 e. The Bertz CT molecular complexity index is 919. The molecule has 0 radical (unpaired) electrons. The van der Waals surface area contributed by atoms with Gasteiger partial charge in [0.2, 0.25) is 5.91 Å². The first-order chi connectivity index (χ1) is 12.1. The summed E-state index contributed by atoms with van der Waals surface area (Å²) >= 11 is 0. The normalized spacial score (nSPS) is 19.2. The molecule has 1 aromatic heterocycles. The summed E-state index contributed by atoms with van der Waals surface area (Å²) in [7, 11) is 1.87. The number of benzene rings is 2. The number of carbonyl (C=O) groups is 1. The molecule has 1 amide bonds. The molecule has 0 aliphatic heterocycles. The van der Waals surface area contributed by atoms with E-state index in [-0.39, 0.29) is 11.8 Å². The molecule has 0 spiro atoms. The number of carbonyl (C=O) groups excluding carboxylic acids is 1. The summed E-state index contributed by atoms with van der Waals surface area (Å²) in [4.78, 5) is 14.7. The largest absolute Gasteiger partial charge is 0.361 e. The van der Waals surface area contributed by atoms with Crippen molar-refractivity contribution in [2.24, 2.45) is 5.92 Å². The lowest BCUT2D eigenvalue weighted by molar-refractivity contribution is -0.131. The molecule has 25 heavy (non-hydrogen) atoms. The highest BCUT2D eigenvalue weighted by Crippen LogP contribution is 2.50. The molecule has 1 heterocycles. The van der Waals surface area contributed by atoms with Crippen molar-refractivity contribution in [3.63, 3.8) is 0 Å². The summed E-state index contributed by atoms with van der Waals surface area (Å²) in [6, 6.07) is 14.8. The van der Waals surface area contributed by atoms with Crippen LogP contribution in [-0.2, 0) is 11.3 Å². The van der Waals surface area contributed by atoms with Crippen LogP contribution in [0.25, 0.3) is 10.8 Å². The second kappa shape index (κ2) is 6.03. The first-order valence-corrected chi connectivity index (χ1v) is 8.70. The predicted molar refractivity (Wildman–Crippen MR) is 97.2 cm³/mol. The fourth-order valence-corrected chi connectivity index (χ4v) is 3.71. The first-order valence-electron chi connectivity index (χ1n) is 8.70. The molecule has 4 heteroatoms. The van der Waals surface area contributed by atoms with Gasteiger partial charge in [-0.2, -0.15) is 0 Å². The van der Waals surface area contributed by atoms with E-state index in [1.54, 1.807) is 0 Å². The predicted octanol–water partition coefficient (Wildman–Crippen LogP) is 4.21. The molecule has 2 atom stereocenters. The van der Waals surface area contributed by atoms with E-state index in [2.05, 4.69) is 47.6 Å². The van der Waals surface area contributed by atoms with Crippen molar-refractivity contribution in [1.82, 2.24) is 10.1 Å². The van der Waals surface area contributed by atoms with Gasteiger partial charge in [-0.25, -0.2) is 0 Å². The molecule has 1 aliphatic carbocycles. The lowest BCUT2D eigenvalue weighted by Crippen LogP contribution is -2.28. The monoisotopic (exact) mass is 334 g/mol. The van der Waals surface area contributed by atoms with Gasteiger partial charge >= 0.3 is 0 Å². The summed E-state index contributed by atoms with van der Waals surface area (Å²) in [6.45, 7) is 4.36. The number of aryl methyl sites for hydroxylation is 2. The Balaban J connectivity index is 1.51. The van der Waals surface area contributed by atoms with Crippen molar-refractivity contribution >= 4 is 16.7 Å². The molecule has 128 valence electrons. The topological polar surface area (TPSA) is 46.3 Å². The maximum atomic E-state index is 12.8. The number of nitrogens with zero attached hydrogens (tertiary/aromatic N) is 2. The zero-order valence-corrected chi connectivity index (χ0v) is 14.8. The Morgan fingerprint density at radius 1 is 1.20 bits per heavy atom. The molecule has 0 saturated heterocycles. The van der Waals surface area contributed by atoms with Crippen LogP contribution in [0.4, 0.5) is 0 Å². The van der Waals surface area contributed by atoms with Gasteiger partial charge in [-0.15, -0.1) is 0 Å². The number of fused-ring (bicyclic) bond motifs is 1. The molecule has 1 fully saturated rings. The average molecular weight is 334 g/mol. The summed E-state index contributed by atoms with van der Waals surface area (Å²) in [6.07, 6.45) is 0.929. The number of hydrogen-bond acceptors (Lipinski definition) is 3. The maximum absolute atomic E-state index is 12.8. The maximum Gasteiger partial charge on any atom is 0.226 e. The molecule has 4 nitrogen and oxygen atoms in total. The Morgan fingerprint density at radius 2 is 1.96 bits per heavy atom. The molecule has 4 rings (SSSR count). The van der Waals surface area contributed by atoms with E-state index in [1.165, 1.54) is 16.3 Å². The molecule has 1 saturated carbocycles. The van der Waals surface area contributed by atoms with Crippen molar-refractivity contribution in [2.75, 3.05) is 7.05 Å². The second-order valence-electron chi connectivity index (χ2n) is 7.01. The SMILES string of the molecule is Cc1noc(C)c1CN(C)C(=O)[C@H]1C[C@@H]1c1cccc2ccccc12. The van der Waals surface area contributed by atoms with Crippen molar-refractivity contribution in [3.05, 3.63) is 65.0 Å². The summed E-state index contributed by atoms with van der Waals surface area (Å²) in [5.74, 6) is 1.40. The van der Waals surface area contributed by atoms with E-state index in [0.717, 1.165) is 23.4 Å². The van der Waals surface area contributed by atoms with Crippen molar-refractivity contribution in [1.29, 1.82) is 0 Å². The van der Waals surface area contributed by atoms with E-state index in [0.29, 0.717) is 12.5 Å². The highest BCUT2D eigenvalue weighted by atomic mass is 16.5. The van der Waals surface area contributed by atoms with Crippen LogP contribution in [-0.4, -0.2) is 23.0 Å². The fourth-order valence-electron chi connectivity index (χ4n) is 3.71. The summed E-state index contributed by atoms with van der Waals surface area (Å²) in [5.41, 5.74) is 3.17. The van der Waals surface area contributed by atoms with Crippen LogP contribution in [0.2, 0.25) is 0 Å². The summed E-state index contributed by atoms with van der Waals surface area (Å²) in [5, 5.41) is 6.47. The van der Waals surface area contributed by atoms with Gasteiger partial charge in [0.1, 0.15) is 5.76 Å². The lowest BCUT2D eigenvalue weighted by Gasteiger charge is -2.17. The quantitative estimate of drug-likeness (QED) is 0.718. The third-order valence-corrected chi connectivity index (χ3v) is 5.28. The van der Waals surface area contributed by atoms with E-state index in [9.17, 15) is 4.79 Å². The molecule has 3 aromatic rings. The molecule has 2 aromatic carbocycles. The zero-order valence-electron chi connectivity index (χ0n) is 14.8. The van der Waals surface area contributed by atoms with E-state index >= 15 is 0 Å². The number of hydrogen-bond donors (Lipinski definition) is 0. The minimum atomic E-state index is 0.0799. The molecule has 0 N–H and O–H groups in total. The molecule has 0 bridgehead atoms. The van der Waals surface area contributed by atoms with Crippen LogP contribution in [0, 0.1) is 19.8 Å². The molecular weight excluding hydrogens is 312 g/mol. The Morgan fingerprint density at radius 3 is 2.72 bits per heavy atom. The van der Waals surface area contributed by atoms with Gasteiger partial charge in [0.15, 0.2) is 0 Å². The van der Waals surface area contributed by atoms with E-state index in [4.69, 9.17) is 4.52 Å². The van der Waals surface area contributed by atoms with Gasteiger partial charge in [0, 0.05) is 18.5 Å². The second-order valence-corrected chi connectivity index (χ2v) is 7.01. The van der Waals surface area contributed by atoms with Gasteiger partial charge in [-0.05, 0) is 42.5 Å². The van der Waals surface area contributed by atoms with Crippen molar-refractivity contribution < 1.29 is 9.32 Å².